The number of halogens is 1. The molecule has 0 radical (unpaired) electrons. The quantitative estimate of drug-likeness (QED) is 0.390. The first-order valence-electron chi connectivity index (χ1n) is 6.65. The van der Waals surface area contributed by atoms with Gasteiger partial charge in [-0.15, -0.1) is 0 Å². The number of carbonyl (C=O) groups is 1. The van der Waals surface area contributed by atoms with Crippen molar-refractivity contribution in [2.75, 3.05) is 6.61 Å². The summed E-state index contributed by atoms with van der Waals surface area (Å²) in [5, 5.41) is 2.50. The summed E-state index contributed by atoms with van der Waals surface area (Å²) in [4.78, 5) is 11.6. The molecular weight excluding hydrogens is 271 g/mol. The first kappa shape index (κ1) is 13.4. The fourth-order valence-corrected chi connectivity index (χ4v) is 2.37. The van der Waals surface area contributed by atoms with Gasteiger partial charge >= 0.3 is 6.16 Å². The number of hydrogen-bond acceptors (Lipinski definition) is 3. The summed E-state index contributed by atoms with van der Waals surface area (Å²) in [5.74, 6) is -0.239. The minimum Gasteiger partial charge on any atom is -0.434 e. The third-order valence-electron chi connectivity index (χ3n) is 3.24. The average molecular weight is 284 g/mol. The van der Waals surface area contributed by atoms with Crippen molar-refractivity contribution in [1.82, 2.24) is 0 Å². The van der Waals surface area contributed by atoms with Gasteiger partial charge in [-0.25, -0.2) is 9.18 Å². The fraction of sp³-hybridized carbons (Fsp3) is 0.118. The third-order valence-corrected chi connectivity index (χ3v) is 3.24. The summed E-state index contributed by atoms with van der Waals surface area (Å²) in [6, 6.07) is 14.0. The van der Waals surface area contributed by atoms with E-state index in [0.29, 0.717) is 10.8 Å². The van der Waals surface area contributed by atoms with Crippen LogP contribution < -0.4 is 4.74 Å². The molecule has 3 aromatic rings. The Morgan fingerprint density at radius 1 is 1.10 bits per heavy atom. The molecule has 0 heterocycles. The predicted octanol–water partition coefficient (Wildman–Crippen LogP) is 4.67. The highest BCUT2D eigenvalue weighted by atomic mass is 19.1. The van der Waals surface area contributed by atoms with Crippen LogP contribution in [0.2, 0.25) is 0 Å². The summed E-state index contributed by atoms with van der Waals surface area (Å²) >= 11 is 0. The molecule has 0 aliphatic heterocycles. The van der Waals surface area contributed by atoms with Gasteiger partial charge in [0.1, 0.15) is 5.82 Å². The Balaban J connectivity index is 2.31. The molecule has 0 saturated carbocycles. The van der Waals surface area contributed by atoms with E-state index in [0.717, 1.165) is 5.39 Å². The number of rotatable bonds is 2. The van der Waals surface area contributed by atoms with Crippen LogP contribution in [0.25, 0.3) is 21.5 Å². The van der Waals surface area contributed by atoms with Crippen molar-refractivity contribution in [3.05, 3.63) is 54.3 Å². The molecule has 4 heteroatoms. The second-order valence-corrected chi connectivity index (χ2v) is 4.55. The van der Waals surface area contributed by atoms with E-state index in [4.69, 9.17) is 9.47 Å². The molecule has 0 amide bonds. The third kappa shape index (κ3) is 2.40. The molecule has 3 rings (SSSR count). The summed E-state index contributed by atoms with van der Waals surface area (Å²) in [7, 11) is 0. The van der Waals surface area contributed by atoms with Crippen LogP contribution in [-0.2, 0) is 4.74 Å². The predicted molar refractivity (Wildman–Crippen MR) is 79.1 cm³/mol. The minimum absolute atomic E-state index is 0.194. The van der Waals surface area contributed by atoms with Gasteiger partial charge in [-0.05, 0) is 29.8 Å². The highest BCUT2D eigenvalue weighted by Gasteiger charge is 2.16. The summed E-state index contributed by atoms with van der Waals surface area (Å²) in [6.45, 7) is 1.88. The molecule has 21 heavy (non-hydrogen) atoms. The SMILES string of the molecule is CCOC(=O)Oc1c2ccccc2cc2cccc(F)c12. The fourth-order valence-electron chi connectivity index (χ4n) is 2.37. The van der Waals surface area contributed by atoms with Crippen LogP contribution in [-0.4, -0.2) is 12.8 Å². The molecule has 3 nitrogen and oxygen atoms in total. The van der Waals surface area contributed by atoms with Gasteiger partial charge < -0.3 is 9.47 Å². The molecule has 0 aromatic heterocycles. The molecule has 0 saturated heterocycles. The topological polar surface area (TPSA) is 35.5 Å². The monoisotopic (exact) mass is 284 g/mol. The van der Waals surface area contributed by atoms with Crippen molar-refractivity contribution < 1.29 is 18.7 Å². The molecule has 0 spiro atoms. The summed E-state index contributed by atoms with van der Waals surface area (Å²) < 4.78 is 24.2. The zero-order valence-corrected chi connectivity index (χ0v) is 11.4. The van der Waals surface area contributed by atoms with Crippen LogP contribution in [0.3, 0.4) is 0 Å². The van der Waals surface area contributed by atoms with E-state index < -0.39 is 12.0 Å². The van der Waals surface area contributed by atoms with E-state index in [9.17, 15) is 9.18 Å². The van der Waals surface area contributed by atoms with Gasteiger partial charge in [-0.1, -0.05) is 36.4 Å². The van der Waals surface area contributed by atoms with Crippen molar-refractivity contribution in [3.8, 4) is 5.75 Å². The molecule has 106 valence electrons. The van der Waals surface area contributed by atoms with Gasteiger partial charge in [-0.2, -0.15) is 0 Å². The van der Waals surface area contributed by atoms with Crippen LogP contribution in [0.1, 0.15) is 6.92 Å². The highest BCUT2D eigenvalue weighted by Crippen LogP contribution is 2.36. The summed E-state index contributed by atoms with van der Waals surface area (Å²) in [6.07, 6.45) is -0.835. The largest absolute Gasteiger partial charge is 0.513 e. The van der Waals surface area contributed by atoms with Gasteiger partial charge in [0.15, 0.2) is 5.75 Å². The Hall–Kier alpha value is -2.62. The Labute approximate surface area is 120 Å². The Morgan fingerprint density at radius 3 is 2.67 bits per heavy atom. The lowest BCUT2D eigenvalue weighted by Gasteiger charge is -2.12. The van der Waals surface area contributed by atoms with Crippen molar-refractivity contribution in [2.45, 2.75) is 6.92 Å². The zero-order valence-electron chi connectivity index (χ0n) is 11.4. The first-order valence-corrected chi connectivity index (χ1v) is 6.65. The first-order chi connectivity index (χ1) is 10.2. The van der Waals surface area contributed by atoms with E-state index in [1.807, 2.05) is 24.3 Å². The van der Waals surface area contributed by atoms with E-state index >= 15 is 0 Å². The lowest BCUT2D eigenvalue weighted by atomic mass is 10.0. The van der Waals surface area contributed by atoms with Crippen LogP contribution in [0, 0.1) is 5.82 Å². The Morgan fingerprint density at radius 2 is 1.86 bits per heavy atom. The number of hydrogen-bond donors (Lipinski definition) is 0. The molecule has 0 aliphatic rings. The van der Waals surface area contributed by atoms with Crippen LogP contribution in [0.4, 0.5) is 9.18 Å². The van der Waals surface area contributed by atoms with E-state index in [1.165, 1.54) is 6.07 Å². The Bertz CT molecular complexity index is 827. The number of benzene rings is 3. The van der Waals surface area contributed by atoms with Gasteiger partial charge in [-0.3, -0.25) is 0 Å². The molecule has 0 fully saturated rings. The molecular formula is C17H13FO3. The molecule has 0 aliphatic carbocycles. The second-order valence-electron chi connectivity index (χ2n) is 4.55. The van der Waals surface area contributed by atoms with E-state index in [2.05, 4.69) is 0 Å². The summed E-state index contributed by atoms with van der Waals surface area (Å²) in [5.41, 5.74) is 0. The van der Waals surface area contributed by atoms with Crippen LogP contribution in [0.15, 0.2) is 48.5 Å². The maximum Gasteiger partial charge on any atom is 0.513 e. The van der Waals surface area contributed by atoms with Gasteiger partial charge in [0, 0.05) is 5.39 Å². The number of carbonyl (C=O) groups excluding carboxylic acids is 1. The highest BCUT2D eigenvalue weighted by molar-refractivity contribution is 6.06. The van der Waals surface area contributed by atoms with Gasteiger partial charge in [0.2, 0.25) is 0 Å². The average Bonchev–Trinajstić information content (AvgIpc) is 2.47. The van der Waals surface area contributed by atoms with Crippen LogP contribution >= 0.6 is 0 Å². The molecule has 0 unspecified atom stereocenters. The Kier molecular flexibility index (Phi) is 3.44. The molecule has 3 aromatic carbocycles. The minimum atomic E-state index is -0.835. The molecule has 0 N–H and O–H groups in total. The maximum absolute atomic E-state index is 14.2. The van der Waals surface area contributed by atoms with Gasteiger partial charge in [0.05, 0.1) is 12.0 Å². The normalized spacial score (nSPS) is 10.8. The lowest BCUT2D eigenvalue weighted by Crippen LogP contribution is -2.10. The number of fused-ring (bicyclic) bond motifs is 2. The van der Waals surface area contributed by atoms with Crippen molar-refractivity contribution in [1.29, 1.82) is 0 Å². The lowest BCUT2D eigenvalue weighted by molar-refractivity contribution is 0.105. The van der Waals surface area contributed by atoms with Gasteiger partial charge in [0.25, 0.3) is 0 Å². The van der Waals surface area contributed by atoms with E-state index in [1.54, 1.807) is 25.1 Å². The van der Waals surface area contributed by atoms with Crippen molar-refractivity contribution in [3.63, 3.8) is 0 Å². The van der Waals surface area contributed by atoms with E-state index in [-0.39, 0.29) is 17.7 Å². The van der Waals surface area contributed by atoms with Crippen LogP contribution in [0.5, 0.6) is 5.75 Å². The smallest absolute Gasteiger partial charge is 0.434 e. The molecule has 0 bridgehead atoms. The standard InChI is InChI=1S/C17H13FO3/c1-2-20-17(19)21-16-13-8-4-3-6-11(13)10-12-7-5-9-14(18)15(12)16/h3-10H,2H2,1H3. The zero-order chi connectivity index (χ0) is 14.8. The van der Waals surface area contributed by atoms with Crippen molar-refractivity contribution >= 4 is 27.7 Å². The number of ether oxygens (including phenoxy) is 2. The maximum atomic E-state index is 14.2. The molecule has 0 atom stereocenters. The van der Waals surface area contributed by atoms with Crippen molar-refractivity contribution in [2.24, 2.45) is 0 Å². The second kappa shape index (κ2) is 5.40.